The smallest absolute Gasteiger partial charge is 0.339 e. The summed E-state index contributed by atoms with van der Waals surface area (Å²) < 4.78 is 13.0. The standard InChI is InChI=1S/C14H14FN3O2/c1-18(2)11-5-3-10(4-6-11)17-13-12(14(19)20)7-9(15)8-16-13/h3-8H,1-2H3,(H,16,17)(H,19,20). The van der Waals surface area contributed by atoms with Crippen molar-refractivity contribution in [2.24, 2.45) is 0 Å². The predicted molar refractivity (Wildman–Crippen MR) is 75.2 cm³/mol. The lowest BCUT2D eigenvalue weighted by molar-refractivity contribution is 0.0697. The van der Waals surface area contributed by atoms with E-state index in [0.717, 1.165) is 18.0 Å². The van der Waals surface area contributed by atoms with Gasteiger partial charge in [0.05, 0.1) is 6.20 Å². The van der Waals surface area contributed by atoms with Crippen molar-refractivity contribution >= 4 is 23.2 Å². The molecule has 0 amide bonds. The first-order valence-corrected chi connectivity index (χ1v) is 5.90. The molecule has 0 radical (unpaired) electrons. The van der Waals surface area contributed by atoms with Crippen LogP contribution >= 0.6 is 0 Å². The third-order valence-electron chi connectivity index (χ3n) is 2.73. The molecule has 0 aliphatic heterocycles. The van der Waals surface area contributed by atoms with Gasteiger partial charge in [-0.25, -0.2) is 14.2 Å². The van der Waals surface area contributed by atoms with E-state index in [0.29, 0.717) is 5.69 Å². The lowest BCUT2D eigenvalue weighted by Crippen LogP contribution is -2.08. The molecule has 0 unspecified atom stereocenters. The van der Waals surface area contributed by atoms with E-state index in [-0.39, 0.29) is 11.4 Å². The normalized spacial score (nSPS) is 10.2. The fourth-order valence-electron chi connectivity index (χ4n) is 1.68. The third kappa shape index (κ3) is 3.03. The quantitative estimate of drug-likeness (QED) is 0.898. The number of carboxylic acid groups (broad SMARTS) is 1. The van der Waals surface area contributed by atoms with Crippen molar-refractivity contribution in [2.75, 3.05) is 24.3 Å². The molecule has 0 saturated carbocycles. The SMILES string of the molecule is CN(C)c1ccc(Nc2ncc(F)cc2C(=O)O)cc1. The molecule has 0 saturated heterocycles. The minimum absolute atomic E-state index is 0.108. The summed E-state index contributed by atoms with van der Waals surface area (Å²) in [5.74, 6) is -1.81. The summed E-state index contributed by atoms with van der Waals surface area (Å²) in [5, 5.41) is 11.9. The van der Waals surface area contributed by atoms with E-state index in [1.165, 1.54) is 0 Å². The van der Waals surface area contributed by atoms with Crippen molar-refractivity contribution in [1.82, 2.24) is 4.98 Å². The number of benzene rings is 1. The van der Waals surface area contributed by atoms with E-state index in [1.807, 2.05) is 31.1 Å². The molecular formula is C14H14FN3O2. The molecule has 0 aliphatic rings. The van der Waals surface area contributed by atoms with Gasteiger partial charge in [-0.3, -0.25) is 0 Å². The Balaban J connectivity index is 2.28. The van der Waals surface area contributed by atoms with Crippen molar-refractivity contribution in [1.29, 1.82) is 0 Å². The van der Waals surface area contributed by atoms with Crippen molar-refractivity contribution in [2.45, 2.75) is 0 Å². The number of anilines is 3. The molecule has 0 fully saturated rings. The van der Waals surface area contributed by atoms with Crippen LogP contribution in [0.25, 0.3) is 0 Å². The van der Waals surface area contributed by atoms with Crippen LogP contribution in [0.15, 0.2) is 36.5 Å². The number of hydrogen-bond acceptors (Lipinski definition) is 4. The van der Waals surface area contributed by atoms with E-state index in [4.69, 9.17) is 5.11 Å². The lowest BCUT2D eigenvalue weighted by atomic mass is 10.2. The van der Waals surface area contributed by atoms with E-state index in [1.54, 1.807) is 12.1 Å². The summed E-state index contributed by atoms with van der Waals surface area (Å²) in [6.07, 6.45) is 0.975. The molecule has 6 heteroatoms. The fourth-order valence-corrected chi connectivity index (χ4v) is 1.68. The Labute approximate surface area is 115 Å². The van der Waals surface area contributed by atoms with Crippen LogP contribution in [0.5, 0.6) is 0 Å². The van der Waals surface area contributed by atoms with Crippen LogP contribution in [0.3, 0.4) is 0 Å². The predicted octanol–water partition coefficient (Wildman–Crippen LogP) is 2.73. The number of aromatic nitrogens is 1. The largest absolute Gasteiger partial charge is 0.478 e. The first kappa shape index (κ1) is 13.8. The van der Waals surface area contributed by atoms with Gasteiger partial charge in [0.25, 0.3) is 0 Å². The monoisotopic (exact) mass is 275 g/mol. The van der Waals surface area contributed by atoms with Crippen LogP contribution < -0.4 is 10.2 Å². The van der Waals surface area contributed by atoms with Crippen molar-refractivity contribution in [3.8, 4) is 0 Å². The minimum Gasteiger partial charge on any atom is -0.478 e. The van der Waals surface area contributed by atoms with Crippen LogP contribution in [0.1, 0.15) is 10.4 Å². The Morgan fingerprint density at radius 3 is 2.50 bits per heavy atom. The van der Waals surface area contributed by atoms with Crippen LogP contribution in [0.2, 0.25) is 0 Å². The van der Waals surface area contributed by atoms with Crippen LogP contribution in [0, 0.1) is 5.82 Å². The Hall–Kier alpha value is -2.63. The maximum atomic E-state index is 13.0. The highest BCUT2D eigenvalue weighted by atomic mass is 19.1. The molecule has 2 rings (SSSR count). The maximum absolute atomic E-state index is 13.0. The summed E-state index contributed by atoms with van der Waals surface area (Å²) in [7, 11) is 3.85. The van der Waals surface area contributed by atoms with Crippen molar-refractivity contribution in [3.05, 3.63) is 47.9 Å². The molecule has 1 heterocycles. The number of nitrogens with zero attached hydrogens (tertiary/aromatic N) is 2. The molecule has 5 nitrogen and oxygen atoms in total. The maximum Gasteiger partial charge on any atom is 0.339 e. The highest BCUT2D eigenvalue weighted by Crippen LogP contribution is 2.21. The summed E-state index contributed by atoms with van der Waals surface area (Å²) in [5.41, 5.74) is 1.49. The number of carbonyl (C=O) groups is 1. The molecular weight excluding hydrogens is 261 g/mol. The summed E-state index contributed by atoms with van der Waals surface area (Å²) in [6, 6.07) is 8.29. The van der Waals surface area contributed by atoms with Crippen LogP contribution in [-0.4, -0.2) is 30.2 Å². The highest BCUT2D eigenvalue weighted by Gasteiger charge is 2.13. The van der Waals surface area contributed by atoms with Gasteiger partial charge in [-0.2, -0.15) is 0 Å². The zero-order chi connectivity index (χ0) is 14.7. The number of halogens is 1. The number of pyridine rings is 1. The molecule has 0 atom stereocenters. The molecule has 2 aromatic rings. The minimum atomic E-state index is -1.23. The molecule has 0 spiro atoms. The molecule has 20 heavy (non-hydrogen) atoms. The first-order valence-electron chi connectivity index (χ1n) is 5.90. The van der Waals surface area contributed by atoms with Crippen molar-refractivity contribution < 1.29 is 14.3 Å². The van der Waals surface area contributed by atoms with E-state index in [9.17, 15) is 9.18 Å². The summed E-state index contributed by atoms with van der Waals surface area (Å²) in [4.78, 5) is 16.8. The Morgan fingerprint density at radius 1 is 1.30 bits per heavy atom. The summed E-state index contributed by atoms with van der Waals surface area (Å²) >= 11 is 0. The number of carboxylic acids is 1. The average molecular weight is 275 g/mol. The second-order valence-corrected chi connectivity index (χ2v) is 4.42. The Morgan fingerprint density at radius 2 is 1.95 bits per heavy atom. The van der Waals surface area contributed by atoms with Gasteiger partial charge in [0.15, 0.2) is 0 Å². The number of rotatable bonds is 4. The Bertz CT molecular complexity index is 627. The molecule has 2 N–H and O–H groups in total. The number of nitrogens with one attached hydrogen (secondary N) is 1. The average Bonchev–Trinajstić information content (AvgIpc) is 2.41. The first-order chi connectivity index (χ1) is 9.47. The van der Waals surface area contributed by atoms with Crippen LogP contribution in [0.4, 0.5) is 21.6 Å². The zero-order valence-electron chi connectivity index (χ0n) is 11.1. The van der Waals surface area contributed by atoms with Gasteiger partial charge in [0.1, 0.15) is 17.2 Å². The summed E-state index contributed by atoms with van der Waals surface area (Å²) in [6.45, 7) is 0. The van der Waals surface area contributed by atoms with Gasteiger partial charge < -0.3 is 15.3 Å². The molecule has 1 aromatic heterocycles. The topological polar surface area (TPSA) is 65.5 Å². The van der Waals surface area contributed by atoms with Gasteiger partial charge in [-0.1, -0.05) is 0 Å². The number of hydrogen-bond donors (Lipinski definition) is 2. The third-order valence-corrected chi connectivity index (χ3v) is 2.73. The second kappa shape index (κ2) is 5.56. The van der Waals surface area contributed by atoms with E-state index < -0.39 is 11.8 Å². The fraction of sp³-hybridized carbons (Fsp3) is 0.143. The van der Waals surface area contributed by atoms with Crippen LogP contribution in [-0.2, 0) is 0 Å². The van der Waals surface area contributed by atoms with Gasteiger partial charge in [-0.05, 0) is 30.3 Å². The van der Waals surface area contributed by atoms with Gasteiger partial charge >= 0.3 is 5.97 Å². The molecule has 0 bridgehead atoms. The lowest BCUT2D eigenvalue weighted by Gasteiger charge is -2.13. The van der Waals surface area contributed by atoms with Gasteiger partial charge in [-0.15, -0.1) is 0 Å². The van der Waals surface area contributed by atoms with Gasteiger partial charge in [0, 0.05) is 25.5 Å². The van der Waals surface area contributed by atoms with Gasteiger partial charge in [0.2, 0.25) is 0 Å². The Kier molecular flexibility index (Phi) is 3.84. The van der Waals surface area contributed by atoms with Crippen molar-refractivity contribution in [3.63, 3.8) is 0 Å². The molecule has 0 aliphatic carbocycles. The van der Waals surface area contributed by atoms with E-state index >= 15 is 0 Å². The number of aromatic carboxylic acids is 1. The molecule has 104 valence electrons. The van der Waals surface area contributed by atoms with E-state index in [2.05, 4.69) is 10.3 Å². The molecule has 1 aromatic carbocycles. The zero-order valence-corrected chi connectivity index (χ0v) is 11.1. The highest BCUT2D eigenvalue weighted by molar-refractivity contribution is 5.93. The second-order valence-electron chi connectivity index (χ2n) is 4.42.